The van der Waals surface area contributed by atoms with E-state index in [9.17, 15) is 18.3 Å². The van der Waals surface area contributed by atoms with Crippen molar-refractivity contribution in [3.05, 3.63) is 52.5 Å². The lowest BCUT2D eigenvalue weighted by Gasteiger charge is -2.23. The Morgan fingerprint density at radius 1 is 1.24 bits per heavy atom. The Labute approximate surface area is 204 Å². The topological polar surface area (TPSA) is 127 Å². The van der Waals surface area contributed by atoms with E-state index in [1.165, 1.54) is 12.1 Å². The van der Waals surface area contributed by atoms with E-state index in [-0.39, 0.29) is 16.4 Å². The number of nitrogens with two attached hydrogens (primary N) is 1. The Hall–Kier alpha value is -2.62. The van der Waals surface area contributed by atoms with E-state index in [0.717, 1.165) is 37.5 Å². The maximum atomic E-state index is 12.7. The number of imidazole rings is 1. The van der Waals surface area contributed by atoms with Crippen LogP contribution in [-0.2, 0) is 22.9 Å². The number of carbonyl (C=O) groups excluding carboxylic acids is 1. The number of primary amides is 1. The standard InChI is InChI=1S/C24H29ClN4O4S/c1-34(32,33)21-12-17(23(26)31)11-19-22(21)29(14-16-8-3-2-4-10-20(16)30)24(28-19)27-13-15-7-5-6-9-18(15)25/h5-7,9,11-12,16,20,30H,2-4,8,10,13-14H2,1H3,(H2,26,31)(H,27,28)/t16-,20-/m1/s1. The van der Waals surface area contributed by atoms with Gasteiger partial charge in [0.2, 0.25) is 11.9 Å². The zero-order valence-electron chi connectivity index (χ0n) is 19.0. The normalized spacial score (nSPS) is 19.1. The Balaban J connectivity index is 1.85. The number of aliphatic hydroxyl groups excluding tert-OH is 1. The molecule has 0 radical (unpaired) electrons. The zero-order valence-corrected chi connectivity index (χ0v) is 20.6. The lowest BCUT2D eigenvalue weighted by atomic mass is 9.97. The number of nitrogens with one attached hydrogen (secondary N) is 1. The minimum absolute atomic E-state index is 0.0137. The molecule has 1 amide bonds. The predicted molar refractivity (Wildman–Crippen MR) is 133 cm³/mol. The van der Waals surface area contributed by atoms with Crippen molar-refractivity contribution in [1.29, 1.82) is 0 Å². The predicted octanol–water partition coefficient (Wildman–Crippen LogP) is 3.75. The lowest BCUT2D eigenvalue weighted by molar-refractivity contribution is 0.0917. The molecule has 0 unspecified atom stereocenters. The van der Waals surface area contributed by atoms with Gasteiger partial charge in [0, 0.05) is 35.8 Å². The number of nitrogens with zero attached hydrogens (tertiary/aromatic N) is 2. The van der Waals surface area contributed by atoms with Crippen molar-refractivity contribution in [2.24, 2.45) is 11.7 Å². The monoisotopic (exact) mass is 504 g/mol. The van der Waals surface area contributed by atoms with Crippen LogP contribution in [0.5, 0.6) is 0 Å². The van der Waals surface area contributed by atoms with Gasteiger partial charge in [-0.05, 0) is 36.6 Å². The quantitative estimate of drug-likeness (QED) is 0.420. The number of fused-ring (bicyclic) bond motifs is 1. The molecule has 1 saturated carbocycles. The number of anilines is 1. The minimum Gasteiger partial charge on any atom is -0.393 e. The third-order valence-electron chi connectivity index (χ3n) is 6.42. The number of benzene rings is 2. The van der Waals surface area contributed by atoms with Crippen LogP contribution in [0.4, 0.5) is 5.95 Å². The number of rotatable bonds is 7. The van der Waals surface area contributed by atoms with Crippen LogP contribution in [0.3, 0.4) is 0 Å². The summed E-state index contributed by atoms with van der Waals surface area (Å²) in [6.07, 6.45) is 5.19. The van der Waals surface area contributed by atoms with Crippen molar-refractivity contribution in [1.82, 2.24) is 9.55 Å². The fourth-order valence-electron chi connectivity index (χ4n) is 4.60. The molecule has 1 aliphatic carbocycles. The van der Waals surface area contributed by atoms with Gasteiger partial charge in [-0.3, -0.25) is 4.79 Å². The van der Waals surface area contributed by atoms with Crippen molar-refractivity contribution < 1.29 is 18.3 Å². The molecule has 2 aromatic carbocycles. The average Bonchev–Trinajstić information content (AvgIpc) is 2.99. The summed E-state index contributed by atoms with van der Waals surface area (Å²) < 4.78 is 27.3. The highest BCUT2D eigenvalue weighted by Crippen LogP contribution is 2.33. The molecular formula is C24H29ClN4O4S. The molecule has 1 fully saturated rings. The van der Waals surface area contributed by atoms with E-state index >= 15 is 0 Å². The third-order valence-corrected chi connectivity index (χ3v) is 7.90. The molecule has 0 aliphatic heterocycles. The molecule has 182 valence electrons. The minimum atomic E-state index is -3.71. The van der Waals surface area contributed by atoms with Gasteiger partial charge in [0.1, 0.15) is 0 Å². The van der Waals surface area contributed by atoms with Gasteiger partial charge in [-0.2, -0.15) is 0 Å². The summed E-state index contributed by atoms with van der Waals surface area (Å²) in [6.45, 7) is 0.758. The van der Waals surface area contributed by atoms with E-state index in [4.69, 9.17) is 17.3 Å². The van der Waals surface area contributed by atoms with Crippen LogP contribution in [0.1, 0.15) is 48.0 Å². The van der Waals surface area contributed by atoms with E-state index in [0.29, 0.717) is 41.5 Å². The summed E-state index contributed by atoms with van der Waals surface area (Å²) in [6, 6.07) is 10.2. The van der Waals surface area contributed by atoms with Crippen LogP contribution in [0.2, 0.25) is 5.02 Å². The lowest BCUT2D eigenvalue weighted by Crippen LogP contribution is -2.25. The molecule has 0 spiro atoms. The molecule has 2 atom stereocenters. The summed E-state index contributed by atoms with van der Waals surface area (Å²) in [7, 11) is -3.71. The largest absolute Gasteiger partial charge is 0.393 e. The summed E-state index contributed by atoms with van der Waals surface area (Å²) in [5.74, 6) is -0.340. The van der Waals surface area contributed by atoms with Crippen LogP contribution in [-0.4, -0.2) is 41.3 Å². The fourth-order valence-corrected chi connectivity index (χ4v) is 5.71. The first-order valence-electron chi connectivity index (χ1n) is 11.3. The van der Waals surface area contributed by atoms with Gasteiger partial charge in [0.05, 0.1) is 22.0 Å². The van der Waals surface area contributed by atoms with Crippen molar-refractivity contribution >= 4 is 44.3 Å². The summed E-state index contributed by atoms with van der Waals surface area (Å²) in [4.78, 5) is 16.5. The van der Waals surface area contributed by atoms with E-state index < -0.39 is 21.8 Å². The Kier molecular flexibility index (Phi) is 7.16. The number of sulfone groups is 1. The maximum absolute atomic E-state index is 12.7. The molecule has 8 nitrogen and oxygen atoms in total. The average molecular weight is 505 g/mol. The molecule has 1 aliphatic rings. The molecule has 4 rings (SSSR count). The van der Waals surface area contributed by atoms with Crippen molar-refractivity contribution in [2.75, 3.05) is 11.6 Å². The summed E-state index contributed by atoms with van der Waals surface area (Å²) >= 11 is 6.31. The molecule has 3 aromatic rings. The van der Waals surface area contributed by atoms with Gasteiger partial charge in [-0.1, -0.05) is 49.1 Å². The first-order valence-corrected chi connectivity index (χ1v) is 13.6. The van der Waals surface area contributed by atoms with Gasteiger partial charge in [-0.15, -0.1) is 0 Å². The molecular weight excluding hydrogens is 476 g/mol. The number of aliphatic hydroxyl groups is 1. The zero-order chi connectivity index (χ0) is 24.5. The SMILES string of the molecule is CS(=O)(=O)c1cc(C(N)=O)cc2nc(NCc3ccccc3Cl)n(C[C@H]3CCCCC[C@H]3O)c12. The van der Waals surface area contributed by atoms with Crippen LogP contribution < -0.4 is 11.1 Å². The van der Waals surface area contributed by atoms with Gasteiger partial charge in [0.15, 0.2) is 9.84 Å². The van der Waals surface area contributed by atoms with Crippen molar-refractivity contribution in [3.8, 4) is 0 Å². The molecule has 34 heavy (non-hydrogen) atoms. The first-order chi connectivity index (χ1) is 16.1. The second kappa shape index (κ2) is 9.93. The van der Waals surface area contributed by atoms with E-state index in [1.807, 2.05) is 22.8 Å². The van der Waals surface area contributed by atoms with Crippen molar-refractivity contribution in [3.63, 3.8) is 0 Å². The Morgan fingerprint density at radius 3 is 2.68 bits per heavy atom. The van der Waals surface area contributed by atoms with E-state index in [2.05, 4.69) is 10.3 Å². The van der Waals surface area contributed by atoms with Crippen LogP contribution >= 0.6 is 11.6 Å². The Morgan fingerprint density at radius 2 is 1.97 bits per heavy atom. The highest BCUT2D eigenvalue weighted by atomic mass is 35.5. The number of hydrogen-bond acceptors (Lipinski definition) is 6. The summed E-state index contributed by atoms with van der Waals surface area (Å²) in [5.41, 5.74) is 7.14. The number of hydrogen-bond donors (Lipinski definition) is 3. The van der Waals surface area contributed by atoms with Gasteiger partial charge in [-0.25, -0.2) is 13.4 Å². The highest BCUT2D eigenvalue weighted by Gasteiger charge is 2.27. The second-order valence-corrected chi connectivity index (χ2v) is 11.3. The van der Waals surface area contributed by atoms with Crippen LogP contribution in [0, 0.1) is 5.92 Å². The Bertz CT molecular complexity index is 1320. The second-order valence-electron chi connectivity index (χ2n) is 8.93. The number of carbonyl (C=O) groups is 1. The first kappa shape index (κ1) is 24.5. The summed E-state index contributed by atoms with van der Waals surface area (Å²) in [5, 5.41) is 14.6. The van der Waals surface area contributed by atoms with Crippen molar-refractivity contribution in [2.45, 2.75) is 56.2 Å². The molecule has 1 aromatic heterocycles. The highest BCUT2D eigenvalue weighted by molar-refractivity contribution is 7.91. The smallest absolute Gasteiger partial charge is 0.248 e. The number of halogens is 1. The third kappa shape index (κ3) is 5.21. The fraction of sp³-hybridized carbons (Fsp3) is 0.417. The molecule has 10 heteroatoms. The number of aromatic nitrogens is 2. The molecule has 4 N–H and O–H groups in total. The van der Waals surface area contributed by atoms with E-state index in [1.54, 1.807) is 6.07 Å². The van der Waals surface area contributed by atoms with Gasteiger partial charge >= 0.3 is 0 Å². The number of amides is 1. The molecule has 0 bridgehead atoms. The van der Waals surface area contributed by atoms with Crippen LogP contribution in [0.25, 0.3) is 11.0 Å². The van der Waals surface area contributed by atoms with Gasteiger partial charge < -0.3 is 20.7 Å². The molecule has 1 heterocycles. The van der Waals surface area contributed by atoms with Crippen LogP contribution in [0.15, 0.2) is 41.3 Å². The molecule has 0 saturated heterocycles. The maximum Gasteiger partial charge on any atom is 0.248 e. The van der Waals surface area contributed by atoms with Gasteiger partial charge in [0.25, 0.3) is 0 Å².